The lowest BCUT2D eigenvalue weighted by Crippen LogP contribution is -2.34. The molecular formula is C12H15N3O4. The first kappa shape index (κ1) is 13.3. The Hall–Kier alpha value is -2.18. The van der Waals surface area contributed by atoms with Crippen LogP contribution in [0.25, 0.3) is 0 Å². The zero-order chi connectivity index (χ0) is 14.2. The van der Waals surface area contributed by atoms with Gasteiger partial charge in [-0.3, -0.25) is 14.9 Å². The van der Waals surface area contributed by atoms with Crippen LogP contribution in [0, 0.1) is 23.0 Å². The number of pyridine rings is 1. The average molecular weight is 265 g/mol. The van der Waals surface area contributed by atoms with E-state index in [4.69, 9.17) is 5.11 Å². The summed E-state index contributed by atoms with van der Waals surface area (Å²) in [6.45, 7) is 3.98. The topological polar surface area (TPSA) is 96.6 Å². The molecule has 0 amide bonds. The SMILES string of the molecule is Cc1ccc([N+](=O)[O-])c(N2CCC(C(=O)O)C2C)n1. The van der Waals surface area contributed by atoms with Gasteiger partial charge in [0.1, 0.15) is 0 Å². The summed E-state index contributed by atoms with van der Waals surface area (Å²) in [6, 6.07) is 2.70. The molecule has 1 aliphatic rings. The number of carboxylic acids is 1. The van der Waals surface area contributed by atoms with E-state index in [-0.39, 0.29) is 17.5 Å². The van der Waals surface area contributed by atoms with Crippen molar-refractivity contribution in [3.05, 3.63) is 27.9 Å². The highest BCUT2D eigenvalue weighted by atomic mass is 16.6. The minimum absolute atomic E-state index is 0.0801. The molecule has 2 unspecified atom stereocenters. The molecular weight excluding hydrogens is 250 g/mol. The number of anilines is 1. The molecule has 19 heavy (non-hydrogen) atoms. The zero-order valence-electron chi connectivity index (χ0n) is 10.7. The molecule has 2 rings (SSSR count). The normalized spacial score (nSPS) is 22.5. The van der Waals surface area contributed by atoms with Crippen molar-refractivity contribution >= 4 is 17.5 Å². The summed E-state index contributed by atoms with van der Waals surface area (Å²) < 4.78 is 0. The molecule has 0 aromatic carbocycles. The second kappa shape index (κ2) is 4.83. The van der Waals surface area contributed by atoms with E-state index < -0.39 is 16.8 Å². The van der Waals surface area contributed by atoms with Gasteiger partial charge in [0.25, 0.3) is 0 Å². The minimum Gasteiger partial charge on any atom is -0.481 e. The average Bonchev–Trinajstić information content (AvgIpc) is 2.70. The molecule has 1 aromatic heterocycles. The molecule has 1 fully saturated rings. The molecule has 0 aliphatic carbocycles. The number of aromatic nitrogens is 1. The first-order valence-corrected chi connectivity index (χ1v) is 6.03. The Labute approximate surface area is 110 Å². The van der Waals surface area contributed by atoms with Gasteiger partial charge in [0.15, 0.2) is 0 Å². The van der Waals surface area contributed by atoms with Gasteiger partial charge in [-0.15, -0.1) is 0 Å². The molecule has 0 bridgehead atoms. The number of rotatable bonds is 3. The smallest absolute Gasteiger partial charge is 0.311 e. The maximum absolute atomic E-state index is 11.1. The molecule has 0 saturated carbocycles. The van der Waals surface area contributed by atoms with Crippen molar-refractivity contribution in [1.82, 2.24) is 4.98 Å². The fraction of sp³-hybridized carbons (Fsp3) is 0.500. The van der Waals surface area contributed by atoms with Gasteiger partial charge in [0, 0.05) is 24.3 Å². The summed E-state index contributed by atoms with van der Waals surface area (Å²) in [6.07, 6.45) is 0.475. The Morgan fingerprint density at radius 1 is 1.58 bits per heavy atom. The molecule has 7 nitrogen and oxygen atoms in total. The van der Waals surface area contributed by atoms with E-state index in [1.54, 1.807) is 24.8 Å². The number of hydrogen-bond donors (Lipinski definition) is 1. The van der Waals surface area contributed by atoms with Crippen molar-refractivity contribution in [2.45, 2.75) is 26.3 Å². The number of nitro groups is 1. The van der Waals surface area contributed by atoms with Crippen LogP contribution >= 0.6 is 0 Å². The van der Waals surface area contributed by atoms with Crippen molar-refractivity contribution in [2.24, 2.45) is 5.92 Å². The highest BCUT2D eigenvalue weighted by Crippen LogP contribution is 2.34. The third-order valence-corrected chi connectivity index (χ3v) is 3.53. The molecule has 2 heterocycles. The van der Waals surface area contributed by atoms with E-state index in [1.807, 2.05) is 0 Å². The van der Waals surface area contributed by atoms with Crippen molar-refractivity contribution in [2.75, 3.05) is 11.4 Å². The van der Waals surface area contributed by atoms with Gasteiger partial charge in [-0.25, -0.2) is 4.98 Å². The molecule has 0 radical (unpaired) electrons. The lowest BCUT2D eigenvalue weighted by molar-refractivity contribution is -0.384. The second-order valence-corrected chi connectivity index (χ2v) is 4.72. The highest BCUT2D eigenvalue weighted by molar-refractivity contribution is 5.73. The lowest BCUT2D eigenvalue weighted by Gasteiger charge is -2.24. The van der Waals surface area contributed by atoms with Crippen molar-refractivity contribution in [3.8, 4) is 0 Å². The Balaban J connectivity index is 2.40. The van der Waals surface area contributed by atoms with Crippen LogP contribution in [-0.2, 0) is 4.79 Å². The molecule has 1 N–H and O–H groups in total. The van der Waals surface area contributed by atoms with E-state index in [0.29, 0.717) is 18.7 Å². The third kappa shape index (κ3) is 2.35. The van der Waals surface area contributed by atoms with E-state index in [9.17, 15) is 14.9 Å². The van der Waals surface area contributed by atoms with Crippen molar-refractivity contribution in [1.29, 1.82) is 0 Å². The molecule has 1 aromatic rings. The van der Waals surface area contributed by atoms with Crippen LogP contribution in [0.2, 0.25) is 0 Å². The summed E-state index contributed by atoms with van der Waals surface area (Å²) >= 11 is 0. The third-order valence-electron chi connectivity index (χ3n) is 3.53. The standard InChI is InChI=1S/C12H15N3O4/c1-7-3-4-10(15(18)19)11(13-7)14-6-5-9(8(14)2)12(16)17/h3-4,8-9H,5-6H2,1-2H3,(H,16,17). The van der Waals surface area contributed by atoms with Crippen LogP contribution in [0.15, 0.2) is 12.1 Å². The highest BCUT2D eigenvalue weighted by Gasteiger charge is 2.38. The summed E-state index contributed by atoms with van der Waals surface area (Å²) in [7, 11) is 0. The maximum atomic E-state index is 11.1. The van der Waals surface area contributed by atoms with E-state index in [1.165, 1.54) is 6.07 Å². The van der Waals surface area contributed by atoms with Crippen LogP contribution in [0.1, 0.15) is 19.0 Å². The zero-order valence-corrected chi connectivity index (χ0v) is 10.7. The summed E-state index contributed by atoms with van der Waals surface area (Å²) in [5, 5.41) is 20.1. The van der Waals surface area contributed by atoms with E-state index in [0.717, 1.165) is 0 Å². The van der Waals surface area contributed by atoms with E-state index >= 15 is 0 Å². The molecule has 0 spiro atoms. The minimum atomic E-state index is -0.870. The molecule has 102 valence electrons. The van der Waals surface area contributed by atoms with Crippen LogP contribution in [-0.4, -0.2) is 33.6 Å². The lowest BCUT2D eigenvalue weighted by atomic mass is 10.0. The largest absolute Gasteiger partial charge is 0.481 e. The van der Waals surface area contributed by atoms with E-state index in [2.05, 4.69) is 4.98 Å². The molecule has 1 saturated heterocycles. The maximum Gasteiger partial charge on any atom is 0.311 e. The molecule has 1 aliphatic heterocycles. The fourth-order valence-electron chi connectivity index (χ4n) is 2.46. The predicted molar refractivity (Wildman–Crippen MR) is 68.2 cm³/mol. The first-order chi connectivity index (χ1) is 8.91. The van der Waals surface area contributed by atoms with Crippen LogP contribution in [0.5, 0.6) is 0 Å². The van der Waals surface area contributed by atoms with Crippen LogP contribution < -0.4 is 4.90 Å². The first-order valence-electron chi connectivity index (χ1n) is 6.03. The van der Waals surface area contributed by atoms with Crippen molar-refractivity contribution in [3.63, 3.8) is 0 Å². The number of carboxylic acid groups (broad SMARTS) is 1. The number of aliphatic carboxylic acids is 1. The fourth-order valence-corrected chi connectivity index (χ4v) is 2.46. The summed E-state index contributed by atoms with van der Waals surface area (Å²) in [5.41, 5.74) is 0.593. The Morgan fingerprint density at radius 2 is 2.26 bits per heavy atom. The van der Waals surface area contributed by atoms with Crippen LogP contribution in [0.3, 0.4) is 0 Å². The summed E-state index contributed by atoms with van der Waals surface area (Å²) in [5.74, 6) is -1.12. The monoisotopic (exact) mass is 265 g/mol. The summed E-state index contributed by atoms with van der Waals surface area (Å²) in [4.78, 5) is 27.6. The van der Waals surface area contributed by atoms with Gasteiger partial charge in [-0.2, -0.15) is 0 Å². The predicted octanol–water partition coefficient (Wildman–Crippen LogP) is 1.60. The van der Waals surface area contributed by atoms with Crippen molar-refractivity contribution < 1.29 is 14.8 Å². The van der Waals surface area contributed by atoms with Crippen LogP contribution in [0.4, 0.5) is 11.5 Å². The quantitative estimate of drug-likeness (QED) is 0.658. The Morgan fingerprint density at radius 3 is 2.79 bits per heavy atom. The molecule has 2 atom stereocenters. The Bertz CT molecular complexity index is 532. The Kier molecular flexibility index (Phi) is 3.37. The number of nitrogens with zero attached hydrogens (tertiary/aromatic N) is 3. The van der Waals surface area contributed by atoms with Gasteiger partial charge < -0.3 is 10.0 Å². The number of aryl methyl sites for hydroxylation is 1. The van der Waals surface area contributed by atoms with Gasteiger partial charge in [0.2, 0.25) is 5.82 Å². The van der Waals surface area contributed by atoms with Gasteiger partial charge >= 0.3 is 11.7 Å². The van der Waals surface area contributed by atoms with Gasteiger partial charge in [0.05, 0.1) is 10.8 Å². The van der Waals surface area contributed by atoms with Gasteiger partial charge in [-0.1, -0.05) is 0 Å². The number of hydrogen-bond acceptors (Lipinski definition) is 5. The second-order valence-electron chi connectivity index (χ2n) is 4.72. The van der Waals surface area contributed by atoms with Gasteiger partial charge in [-0.05, 0) is 26.3 Å². The molecule has 7 heteroatoms. The number of carbonyl (C=O) groups is 1.